The fraction of sp³-hybridized carbons (Fsp3) is 0.176. The third-order valence-corrected chi connectivity index (χ3v) is 4.22. The van der Waals surface area contributed by atoms with Gasteiger partial charge in [-0.15, -0.1) is 23.4 Å². The lowest BCUT2D eigenvalue weighted by atomic mass is 10.2. The van der Waals surface area contributed by atoms with E-state index in [1.54, 1.807) is 17.4 Å². The summed E-state index contributed by atoms with van der Waals surface area (Å²) >= 11 is 6.23. The molecule has 0 aliphatic carbocycles. The molecule has 0 saturated heterocycles. The van der Waals surface area contributed by atoms with Crippen LogP contribution in [-0.2, 0) is 0 Å². The lowest BCUT2D eigenvalue weighted by molar-refractivity contribution is -0.274. The Hall–Kier alpha value is -2.94. The lowest BCUT2D eigenvalue weighted by Crippen LogP contribution is -2.17. The van der Waals surface area contributed by atoms with E-state index >= 15 is 0 Å². The molecule has 6 nitrogen and oxygen atoms in total. The van der Waals surface area contributed by atoms with Crippen molar-refractivity contribution in [3.8, 4) is 17.1 Å². The number of rotatable bonds is 2. The van der Waals surface area contributed by atoms with Gasteiger partial charge in [0, 0.05) is 11.3 Å². The van der Waals surface area contributed by atoms with Crippen molar-refractivity contribution in [2.75, 3.05) is 0 Å². The van der Waals surface area contributed by atoms with E-state index in [-0.39, 0.29) is 16.4 Å². The number of hydrogen-bond acceptors (Lipinski definition) is 5. The third kappa shape index (κ3) is 3.14. The number of fused-ring (bicyclic) bond motifs is 3. The fourth-order valence-corrected chi connectivity index (χ4v) is 2.99. The van der Waals surface area contributed by atoms with Gasteiger partial charge in [-0.2, -0.15) is 0 Å². The van der Waals surface area contributed by atoms with Crippen LogP contribution in [0.5, 0.6) is 5.75 Å². The summed E-state index contributed by atoms with van der Waals surface area (Å²) in [7, 11) is 0. The molecule has 0 fully saturated rings. The molecule has 138 valence electrons. The van der Waals surface area contributed by atoms with E-state index in [0.29, 0.717) is 22.5 Å². The van der Waals surface area contributed by atoms with E-state index in [9.17, 15) is 13.2 Å². The maximum absolute atomic E-state index is 12.6. The van der Waals surface area contributed by atoms with Gasteiger partial charge < -0.3 is 4.74 Å². The maximum Gasteiger partial charge on any atom is 0.573 e. The van der Waals surface area contributed by atoms with Gasteiger partial charge in [0.1, 0.15) is 11.3 Å². The van der Waals surface area contributed by atoms with Gasteiger partial charge in [-0.1, -0.05) is 11.6 Å². The van der Waals surface area contributed by atoms with Gasteiger partial charge in [0.05, 0.1) is 10.7 Å². The Bertz CT molecular complexity index is 1190. The van der Waals surface area contributed by atoms with E-state index in [1.807, 2.05) is 13.0 Å². The number of nitrogens with zero attached hydrogens (tertiary/aromatic N) is 5. The van der Waals surface area contributed by atoms with Gasteiger partial charge in [0.15, 0.2) is 17.1 Å². The van der Waals surface area contributed by atoms with Crippen molar-refractivity contribution < 1.29 is 17.9 Å². The van der Waals surface area contributed by atoms with E-state index < -0.39 is 12.1 Å². The molecule has 0 atom stereocenters. The highest BCUT2D eigenvalue weighted by Gasteiger charge is 2.31. The van der Waals surface area contributed by atoms with Crippen LogP contribution >= 0.6 is 11.6 Å². The van der Waals surface area contributed by atoms with Gasteiger partial charge in [0.25, 0.3) is 0 Å². The van der Waals surface area contributed by atoms with Gasteiger partial charge in [-0.25, -0.2) is 9.97 Å². The van der Waals surface area contributed by atoms with Gasteiger partial charge in [-0.3, -0.25) is 4.40 Å². The Morgan fingerprint density at radius 3 is 2.52 bits per heavy atom. The highest BCUT2D eigenvalue weighted by Crippen LogP contribution is 2.34. The molecule has 0 bridgehead atoms. The Balaban J connectivity index is 2.01. The summed E-state index contributed by atoms with van der Waals surface area (Å²) in [6.07, 6.45) is -4.82. The number of aromatic nitrogens is 5. The highest BCUT2D eigenvalue weighted by molar-refractivity contribution is 6.33. The molecule has 0 amide bonds. The second-order valence-electron chi connectivity index (χ2n) is 5.86. The largest absolute Gasteiger partial charge is 0.573 e. The molecule has 10 heteroatoms. The lowest BCUT2D eigenvalue weighted by Gasteiger charge is -2.11. The summed E-state index contributed by atoms with van der Waals surface area (Å²) in [5.41, 5.74) is 3.11. The predicted octanol–water partition coefficient (Wildman–Crippen LogP) is 4.51. The standard InChI is InChI=1S/C17H11ClF3N5O/c1-8-3-6-13-16(22-8)26-14(9(2)23-13)24-25-15(26)11-7-10(4-5-12(11)18)27-17(19,20)21/h3-7H,1-2H3. The fourth-order valence-electron chi connectivity index (χ4n) is 2.78. The number of benzene rings is 1. The number of pyridine rings is 1. The van der Waals surface area contributed by atoms with E-state index in [0.717, 1.165) is 11.8 Å². The Labute approximate surface area is 155 Å². The zero-order valence-electron chi connectivity index (χ0n) is 14.0. The van der Waals surface area contributed by atoms with E-state index in [4.69, 9.17) is 11.6 Å². The molecule has 27 heavy (non-hydrogen) atoms. The molecular formula is C17H11ClF3N5O. The number of hydrogen-bond donors (Lipinski definition) is 0. The average Bonchev–Trinajstić information content (AvgIpc) is 3.02. The van der Waals surface area contributed by atoms with E-state index in [1.165, 1.54) is 12.1 Å². The monoisotopic (exact) mass is 393 g/mol. The van der Waals surface area contributed by atoms with Crippen LogP contribution in [0.2, 0.25) is 5.02 Å². The molecule has 0 saturated carbocycles. The summed E-state index contributed by atoms with van der Waals surface area (Å²) in [5.74, 6) is -0.158. The zero-order chi connectivity index (χ0) is 19.3. The summed E-state index contributed by atoms with van der Waals surface area (Å²) in [4.78, 5) is 8.93. The molecule has 0 N–H and O–H groups in total. The van der Waals surface area contributed by atoms with Crippen molar-refractivity contribution in [2.24, 2.45) is 0 Å². The van der Waals surface area contributed by atoms with Crippen molar-refractivity contribution in [2.45, 2.75) is 20.2 Å². The van der Waals surface area contributed by atoms with Crippen molar-refractivity contribution in [3.63, 3.8) is 0 Å². The molecule has 3 heterocycles. The first-order valence-electron chi connectivity index (χ1n) is 7.78. The van der Waals surface area contributed by atoms with Crippen LogP contribution in [0.3, 0.4) is 0 Å². The van der Waals surface area contributed by atoms with Gasteiger partial charge in [-0.05, 0) is 44.2 Å². The molecule has 4 aromatic rings. The Morgan fingerprint density at radius 2 is 1.78 bits per heavy atom. The smallest absolute Gasteiger partial charge is 0.406 e. The first-order valence-corrected chi connectivity index (χ1v) is 8.15. The molecule has 0 aliphatic heterocycles. The summed E-state index contributed by atoms with van der Waals surface area (Å²) < 4.78 is 43.3. The SMILES string of the molecule is Cc1ccc2nc(C)c3nnc(-c4cc(OC(F)(F)F)ccc4Cl)n3c2n1. The molecule has 1 aromatic carbocycles. The molecule has 4 rings (SSSR count). The first kappa shape index (κ1) is 17.5. The Kier molecular flexibility index (Phi) is 3.92. The van der Waals surface area contributed by atoms with Crippen LogP contribution in [0.1, 0.15) is 11.4 Å². The number of alkyl halides is 3. The highest BCUT2D eigenvalue weighted by atomic mass is 35.5. The molecule has 3 aromatic heterocycles. The van der Waals surface area contributed by atoms with Crippen LogP contribution in [0.15, 0.2) is 30.3 Å². The molecule has 0 radical (unpaired) electrons. The van der Waals surface area contributed by atoms with Crippen LogP contribution in [0.25, 0.3) is 28.2 Å². The van der Waals surface area contributed by atoms with Crippen LogP contribution < -0.4 is 4.74 Å². The quantitative estimate of drug-likeness (QED) is 0.501. The topological polar surface area (TPSA) is 65.2 Å². The molecule has 0 spiro atoms. The second-order valence-corrected chi connectivity index (χ2v) is 6.27. The van der Waals surface area contributed by atoms with Crippen molar-refractivity contribution >= 4 is 28.4 Å². The molecule has 0 aliphatic rings. The first-order chi connectivity index (χ1) is 12.7. The normalized spacial score (nSPS) is 12.1. The van der Waals surface area contributed by atoms with Gasteiger partial charge in [0.2, 0.25) is 0 Å². The van der Waals surface area contributed by atoms with Crippen molar-refractivity contribution in [3.05, 3.63) is 46.7 Å². The van der Waals surface area contributed by atoms with E-state index in [2.05, 4.69) is 24.9 Å². The molecular weight excluding hydrogens is 383 g/mol. The van der Waals surface area contributed by atoms with Crippen LogP contribution in [0, 0.1) is 13.8 Å². The second kappa shape index (κ2) is 6.05. The zero-order valence-corrected chi connectivity index (χ0v) is 14.8. The minimum Gasteiger partial charge on any atom is -0.406 e. The third-order valence-electron chi connectivity index (χ3n) is 3.89. The minimum absolute atomic E-state index is 0.203. The number of ether oxygens (including phenoxy) is 1. The predicted molar refractivity (Wildman–Crippen MR) is 92.7 cm³/mol. The average molecular weight is 394 g/mol. The summed E-state index contributed by atoms with van der Waals surface area (Å²) in [6, 6.07) is 7.24. The van der Waals surface area contributed by atoms with Crippen LogP contribution in [-0.4, -0.2) is 30.9 Å². The van der Waals surface area contributed by atoms with Crippen molar-refractivity contribution in [1.29, 1.82) is 0 Å². The number of halogens is 4. The minimum atomic E-state index is -4.82. The maximum atomic E-state index is 12.6. The summed E-state index contributed by atoms with van der Waals surface area (Å²) in [5, 5.41) is 8.43. The number of aryl methyl sites for hydroxylation is 2. The van der Waals surface area contributed by atoms with Gasteiger partial charge >= 0.3 is 6.36 Å². The Morgan fingerprint density at radius 1 is 1.00 bits per heavy atom. The van der Waals surface area contributed by atoms with Crippen LogP contribution in [0.4, 0.5) is 13.2 Å². The summed E-state index contributed by atoms with van der Waals surface area (Å²) in [6.45, 7) is 3.58. The van der Waals surface area contributed by atoms with Crippen molar-refractivity contribution in [1.82, 2.24) is 24.6 Å². The molecule has 0 unspecified atom stereocenters.